The van der Waals surface area contributed by atoms with Crippen molar-refractivity contribution in [1.29, 1.82) is 0 Å². The molecule has 0 atom stereocenters. The van der Waals surface area contributed by atoms with Gasteiger partial charge in [-0.1, -0.05) is 54.1 Å². The van der Waals surface area contributed by atoms with Crippen LogP contribution in [0.15, 0.2) is 83.6 Å². The third-order valence-corrected chi connectivity index (χ3v) is 5.62. The van der Waals surface area contributed by atoms with Gasteiger partial charge in [0.2, 0.25) is 0 Å². The van der Waals surface area contributed by atoms with Gasteiger partial charge in [-0.05, 0) is 42.8 Å². The Morgan fingerprint density at radius 1 is 1.06 bits per heavy atom. The molecule has 0 unspecified atom stereocenters. The first kappa shape index (κ1) is 23.2. The van der Waals surface area contributed by atoms with Gasteiger partial charge in [0.1, 0.15) is 5.82 Å². The van der Waals surface area contributed by atoms with E-state index in [1.165, 1.54) is 18.2 Å². The minimum atomic E-state index is -0.512. The third kappa shape index (κ3) is 4.84. The molecule has 0 fully saturated rings. The number of hydrogen-bond donors (Lipinski definition) is 1. The van der Waals surface area contributed by atoms with Gasteiger partial charge in [-0.15, -0.1) is 0 Å². The van der Waals surface area contributed by atoms with Crippen LogP contribution < -0.4 is 10.2 Å². The number of carbonyl (C=O) groups is 2. The van der Waals surface area contributed by atoms with Gasteiger partial charge < -0.3 is 14.6 Å². The van der Waals surface area contributed by atoms with Crippen LogP contribution in [0.2, 0.25) is 5.02 Å². The SMILES string of the molecule is CCN(C(=O)c1ccccc1-c1ocnc1C(=O)NCc1ccc(F)cc1Cl)c1ccccc1. The monoisotopic (exact) mass is 477 g/mol. The lowest BCUT2D eigenvalue weighted by Crippen LogP contribution is -2.31. The number of aromatic nitrogens is 1. The van der Waals surface area contributed by atoms with Crippen molar-refractivity contribution in [1.82, 2.24) is 10.3 Å². The van der Waals surface area contributed by atoms with Crippen molar-refractivity contribution in [2.24, 2.45) is 0 Å². The van der Waals surface area contributed by atoms with Crippen LogP contribution >= 0.6 is 11.6 Å². The molecule has 4 aromatic rings. The Morgan fingerprint density at radius 3 is 2.53 bits per heavy atom. The normalized spacial score (nSPS) is 10.7. The van der Waals surface area contributed by atoms with Crippen molar-refractivity contribution < 1.29 is 18.4 Å². The predicted molar refractivity (Wildman–Crippen MR) is 128 cm³/mol. The van der Waals surface area contributed by atoms with Crippen LogP contribution in [0.4, 0.5) is 10.1 Å². The average Bonchev–Trinajstić information content (AvgIpc) is 3.34. The molecule has 1 aromatic heterocycles. The number of para-hydroxylation sites is 1. The number of oxazole rings is 1. The first-order chi connectivity index (χ1) is 16.5. The van der Waals surface area contributed by atoms with Gasteiger partial charge in [-0.3, -0.25) is 9.59 Å². The van der Waals surface area contributed by atoms with Gasteiger partial charge in [0, 0.05) is 29.4 Å². The van der Waals surface area contributed by atoms with Crippen molar-refractivity contribution in [3.63, 3.8) is 0 Å². The Morgan fingerprint density at radius 2 is 1.79 bits per heavy atom. The second-order valence-electron chi connectivity index (χ2n) is 7.38. The van der Waals surface area contributed by atoms with Gasteiger partial charge in [-0.25, -0.2) is 9.37 Å². The molecule has 6 nitrogen and oxygen atoms in total. The van der Waals surface area contributed by atoms with Crippen molar-refractivity contribution in [2.45, 2.75) is 13.5 Å². The molecule has 4 rings (SSSR count). The Kier molecular flexibility index (Phi) is 7.04. The zero-order chi connectivity index (χ0) is 24.1. The lowest BCUT2D eigenvalue weighted by atomic mass is 10.0. The van der Waals surface area contributed by atoms with Gasteiger partial charge >= 0.3 is 0 Å². The molecule has 8 heteroatoms. The molecule has 0 spiro atoms. The topological polar surface area (TPSA) is 75.4 Å². The first-order valence-corrected chi connectivity index (χ1v) is 11.0. The molecule has 0 saturated heterocycles. The van der Waals surface area contributed by atoms with E-state index in [4.69, 9.17) is 16.0 Å². The summed E-state index contributed by atoms with van der Waals surface area (Å²) in [6.45, 7) is 2.42. The Hall–Kier alpha value is -3.97. The minimum absolute atomic E-state index is 0.0289. The van der Waals surface area contributed by atoms with Gasteiger partial charge in [0.05, 0.1) is 5.56 Å². The molecule has 1 heterocycles. The molecule has 0 aliphatic rings. The van der Waals surface area contributed by atoms with Gasteiger partial charge in [0.25, 0.3) is 11.8 Å². The second-order valence-corrected chi connectivity index (χ2v) is 7.79. The van der Waals surface area contributed by atoms with E-state index in [0.717, 1.165) is 12.1 Å². The number of amides is 2. The summed E-state index contributed by atoms with van der Waals surface area (Å²) in [5.74, 6) is -1.03. The van der Waals surface area contributed by atoms with Crippen LogP contribution in [-0.2, 0) is 6.54 Å². The fourth-order valence-corrected chi connectivity index (χ4v) is 3.82. The Labute approximate surface area is 201 Å². The summed E-state index contributed by atoms with van der Waals surface area (Å²) in [5, 5.41) is 2.92. The summed E-state index contributed by atoms with van der Waals surface area (Å²) in [4.78, 5) is 32.1. The maximum Gasteiger partial charge on any atom is 0.274 e. The molecule has 0 bridgehead atoms. The van der Waals surface area contributed by atoms with Crippen molar-refractivity contribution >= 4 is 29.1 Å². The third-order valence-electron chi connectivity index (χ3n) is 5.27. The lowest BCUT2D eigenvalue weighted by molar-refractivity contribution is 0.0944. The molecule has 2 amide bonds. The van der Waals surface area contributed by atoms with Crippen LogP contribution in [-0.4, -0.2) is 23.3 Å². The Balaban J connectivity index is 1.62. The van der Waals surface area contributed by atoms with Crippen molar-refractivity contribution in [2.75, 3.05) is 11.4 Å². The quantitative estimate of drug-likeness (QED) is 0.369. The number of benzene rings is 3. The highest BCUT2D eigenvalue weighted by Gasteiger charge is 2.25. The molecular weight excluding hydrogens is 457 g/mol. The molecule has 34 heavy (non-hydrogen) atoms. The number of hydrogen-bond acceptors (Lipinski definition) is 4. The van der Waals surface area contributed by atoms with Crippen LogP contribution in [0, 0.1) is 5.82 Å². The van der Waals surface area contributed by atoms with Crippen LogP contribution in [0.1, 0.15) is 33.3 Å². The van der Waals surface area contributed by atoms with Crippen LogP contribution in [0.25, 0.3) is 11.3 Å². The summed E-state index contributed by atoms with van der Waals surface area (Å²) >= 11 is 6.05. The standard InChI is InChI=1S/C26H21ClFN3O3/c1-2-31(19-8-4-3-5-9-19)26(33)21-11-7-6-10-20(21)24-23(30-16-34-24)25(32)29-15-17-12-13-18(28)14-22(17)27/h3-14,16H,2,15H2,1H3,(H,29,32). The fourth-order valence-electron chi connectivity index (χ4n) is 3.59. The molecule has 0 aliphatic heterocycles. The maximum absolute atomic E-state index is 13.5. The number of carbonyl (C=O) groups excluding carboxylic acids is 2. The highest BCUT2D eigenvalue weighted by atomic mass is 35.5. The molecule has 1 N–H and O–H groups in total. The lowest BCUT2D eigenvalue weighted by Gasteiger charge is -2.22. The van der Waals surface area contributed by atoms with E-state index in [-0.39, 0.29) is 28.9 Å². The molecule has 3 aromatic carbocycles. The van der Waals surface area contributed by atoms with Crippen LogP contribution in [0.3, 0.4) is 0 Å². The highest BCUT2D eigenvalue weighted by molar-refractivity contribution is 6.31. The highest BCUT2D eigenvalue weighted by Crippen LogP contribution is 2.29. The van der Waals surface area contributed by atoms with Crippen molar-refractivity contribution in [3.8, 4) is 11.3 Å². The van der Waals surface area contributed by atoms with E-state index in [0.29, 0.717) is 23.2 Å². The van der Waals surface area contributed by atoms with Gasteiger partial charge in [-0.2, -0.15) is 0 Å². The average molecular weight is 478 g/mol. The van der Waals surface area contributed by atoms with E-state index in [1.807, 2.05) is 37.3 Å². The summed E-state index contributed by atoms with van der Waals surface area (Å²) in [6, 6.07) is 20.2. The second kappa shape index (κ2) is 10.3. The van der Waals surface area contributed by atoms with Gasteiger partial charge in [0.15, 0.2) is 17.8 Å². The molecule has 0 aliphatic carbocycles. The molecular formula is C26H21ClFN3O3. The molecule has 172 valence electrons. The summed E-state index contributed by atoms with van der Waals surface area (Å²) in [6.07, 6.45) is 1.16. The maximum atomic E-state index is 13.5. The van der Waals surface area contributed by atoms with E-state index in [9.17, 15) is 14.0 Å². The summed E-state index contributed by atoms with van der Waals surface area (Å²) in [5.41, 5.74) is 2.17. The number of anilines is 1. The van der Waals surface area contributed by atoms with Crippen LogP contribution in [0.5, 0.6) is 0 Å². The van der Waals surface area contributed by atoms with E-state index < -0.39 is 11.7 Å². The minimum Gasteiger partial charge on any atom is -0.443 e. The first-order valence-electron chi connectivity index (χ1n) is 10.6. The smallest absolute Gasteiger partial charge is 0.274 e. The molecule has 0 radical (unpaired) electrons. The molecule has 0 saturated carbocycles. The van der Waals surface area contributed by atoms with E-state index >= 15 is 0 Å². The number of rotatable bonds is 7. The van der Waals surface area contributed by atoms with E-state index in [1.54, 1.807) is 29.2 Å². The largest absolute Gasteiger partial charge is 0.443 e. The number of halogens is 2. The Bertz CT molecular complexity index is 1320. The fraction of sp³-hybridized carbons (Fsp3) is 0.115. The zero-order valence-corrected chi connectivity index (χ0v) is 19.1. The summed E-state index contributed by atoms with van der Waals surface area (Å²) < 4.78 is 18.8. The van der Waals surface area contributed by atoms with Crippen molar-refractivity contribution in [3.05, 3.63) is 107 Å². The number of nitrogens with zero attached hydrogens (tertiary/aromatic N) is 2. The van der Waals surface area contributed by atoms with E-state index in [2.05, 4.69) is 10.3 Å². The predicted octanol–water partition coefficient (Wildman–Crippen LogP) is 5.73. The zero-order valence-electron chi connectivity index (χ0n) is 18.3. The number of nitrogens with one attached hydrogen (secondary N) is 1. The summed E-state index contributed by atoms with van der Waals surface area (Å²) in [7, 11) is 0.